The quantitative estimate of drug-likeness (QED) is 0.293. The molecule has 2 aromatic carbocycles. The molecule has 2 heterocycles. The first-order valence-electron chi connectivity index (χ1n) is 10.4. The molecule has 0 spiro atoms. The number of methoxy groups -OCH3 is 1. The first kappa shape index (κ1) is 20.5. The Bertz CT molecular complexity index is 1190. The van der Waals surface area contributed by atoms with Crippen LogP contribution in [0.4, 0.5) is 0 Å². The number of H-pyrrole nitrogens is 1. The number of nitrogens with zero attached hydrogens (tertiary/aromatic N) is 1. The molecule has 4 aromatic rings. The number of aromatic nitrogens is 1. The highest BCUT2D eigenvalue weighted by molar-refractivity contribution is 6.06. The number of furan rings is 1. The molecule has 0 aliphatic rings. The fourth-order valence-electron chi connectivity index (χ4n) is 3.53. The molecule has 0 fully saturated rings. The summed E-state index contributed by atoms with van der Waals surface area (Å²) in [6.45, 7) is 2.19. The van der Waals surface area contributed by atoms with Gasteiger partial charge in [-0.15, -0.1) is 0 Å². The summed E-state index contributed by atoms with van der Waals surface area (Å²) in [4.78, 5) is 15.7. The van der Waals surface area contributed by atoms with Crippen LogP contribution in [0.5, 0.6) is 5.75 Å². The maximum Gasteiger partial charge on any atom is 0.307 e. The number of fused-ring (bicyclic) bond motifs is 1. The van der Waals surface area contributed by atoms with Gasteiger partial charge in [0.05, 0.1) is 25.3 Å². The van der Waals surface area contributed by atoms with Gasteiger partial charge in [-0.2, -0.15) is 5.10 Å². The van der Waals surface area contributed by atoms with E-state index in [0.717, 1.165) is 52.7 Å². The third-order valence-electron chi connectivity index (χ3n) is 5.21. The van der Waals surface area contributed by atoms with Crippen molar-refractivity contribution in [2.75, 3.05) is 7.11 Å². The van der Waals surface area contributed by atoms with Crippen LogP contribution in [0.3, 0.4) is 0 Å². The van der Waals surface area contributed by atoms with E-state index in [1.807, 2.05) is 24.3 Å². The van der Waals surface area contributed by atoms with E-state index in [0.29, 0.717) is 0 Å². The van der Waals surface area contributed by atoms with Gasteiger partial charge in [-0.25, -0.2) is 5.43 Å². The Balaban J connectivity index is 1.72. The average Bonchev–Trinajstić information content (AvgIpc) is 3.46. The molecule has 6 nitrogen and oxygen atoms in total. The predicted molar refractivity (Wildman–Crippen MR) is 123 cm³/mol. The van der Waals surface area contributed by atoms with Gasteiger partial charge in [0, 0.05) is 16.5 Å². The second-order valence-corrected chi connectivity index (χ2v) is 7.30. The van der Waals surface area contributed by atoms with Crippen LogP contribution in [0, 0.1) is 0 Å². The third-order valence-corrected chi connectivity index (χ3v) is 5.21. The number of carbonyl (C=O) groups is 1. The van der Waals surface area contributed by atoms with Gasteiger partial charge in [-0.3, -0.25) is 4.79 Å². The summed E-state index contributed by atoms with van der Waals surface area (Å²) in [5.41, 5.74) is 7.69. The lowest BCUT2D eigenvalue weighted by molar-refractivity contribution is 0.0927. The van der Waals surface area contributed by atoms with E-state index in [2.05, 4.69) is 40.6 Å². The van der Waals surface area contributed by atoms with E-state index in [1.54, 1.807) is 25.5 Å². The lowest BCUT2D eigenvalue weighted by Crippen LogP contribution is -2.16. The van der Waals surface area contributed by atoms with Gasteiger partial charge in [-0.05, 0) is 72.5 Å². The minimum Gasteiger partial charge on any atom is -0.497 e. The van der Waals surface area contributed by atoms with E-state index in [-0.39, 0.29) is 5.76 Å². The monoisotopic (exact) mass is 415 g/mol. The number of rotatable bonds is 8. The maximum atomic E-state index is 12.2. The van der Waals surface area contributed by atoms with E-state index >= 15 is 0 Å². The Labute approximate surface area is 180 Å². The van der Waals surface area contributed by atoms with E-state index in [4.69, 9.17) is 9.15 Å². The largest absolute Gasteiger partial charge is 0.497 e. The Morgan fingerprint density at radius 3 is 2.74 bits per heavy atom. The number of ether oxygens (including phenoxy) is 1. The Hall–Kier alpha value is -3.80. The second kappa shape index (κ2) is 9.34. The molecule has 6 heteroatoms. The molecule has 0 saturated heterocycles. The Morgan fingerprint density at radius 2 is 2.03 bits per heavy atom. The van der Waals surface area contributed by atoms with Crippen LogP contribution in [0.25, 0.3) is 22.2 Å². The van der Waals surface area contributed by atoms with Gasteiger partial charge >= 0.3 is 5.91 Å². The highest BCUT2D eigenvalue weighted by atomic mass is 16.5. The molecule has 31 heavy (non-hydrogen) atoms. The fraction of sp³-hybridized carbons (Fsp3) is 0.200. The minimum atomic E-state index is -0.393. The van der Waals surface area contributed by atoms with Crippen LogP contribution in [0.1, 0.15) is 41.4 Å². The van der Waals surface area contributed by atoms with Gasteiger partial charge in [0.2, 0.25) is 0 Å². The number of nitrogens with one attached hydrogen (secondary N) is 2. The molecule has 2 aromatic heterocycles. The zero-order chi connectivity index (χ0) is 21.6. The summed E-state index contributed by atoms with van der Waals surface area (Å²) >= 11 is 0. The van der Waals surface area contributed by atoms with Crippen LogP contribution in [0.2, 0.25) is 0 Å². The molecule has 0 bridgehead atoms. The van der Waals surface area contributed by atoms with E-state index < -0.39 is 5.91 Å². The summed E-state index contributed by atoms with van der Waals surface area (Å²) < 4.78 is 10.4. The molecule has 1 amide bonds. The summed E-state index contributed by atoms with van der Waals surface area (Å²) in [6.07, 6.45) is 6.46. The molecule has 0 saturated carbocycles. The Morgan fingerprint density at radius 1 is 1.19 bits per heavy atom. The lowest BCUT2D eigenvalue weighted by Gasteiger charge is -2.04. The molecular weight excluding hydrogens is 390 g/mol. The van der Waals surface area contributed by atoms with Crippen molar-refractivity contribution in [3.8, 4) is 17.0 Å². The van der Waals surface area contributed by atoms with Crippen LogP contribution in [0.15, 0.2) is 70.4 Å². The zero-order valence-corrected chi connectivity index (χ0v) is 17.6. The predicted octanol–water partition coefficient (Wildman–Crippen LogP) is 5.54. The van der Waals surface area contributed by atoms with Gasteiger partial charge in [-0.1, -0.05) is 19.4 Å². The Kier molecular flexibility index (Phi) is 6.17. The lowest BCUT2D eigenvalue weighted by atomic mass is 10.0. The summed E-state index contributed by atoms with van der Waals surface area (Å²) in [5, 5.41) is 5.27. The number of hydrazone groups is 1. The minimum absolute atomic E-state index is 0.216. The number of aryl methyl sites for hydroxylation is 1. The van der Waals surface area contributed by atoms with Crippen molar-refractivity contribution in [1.82, 2.24) is 10.4 Å². The third kappa shape index (κ3) is 4.53. The van der Waals surface area contributed by atoms with Crippen molar-refractivity contribution >= 4 is 23.0 Å². The SMILES string of the molecule is CCCCc1ccc2[nH]c(-c3ccc(OC)cc3)c(C=NNC(=O)c3ccco3)c2c1. The van der Waals surface area contributed by atoms with Gasteiger partial charge in [0.15, 0.2) is 5.76 Å². The van der Waals surface area contributed by atoms with Gasteiger partial charge in [0.25, 0.3) is 0 Å². The van der Waals surface area contributed by atoms with Crippen molar-refractivity contribution < 1.29 is 13.9 Å². The first-order chi connectivity index (χ1) is 15.2. The van der Waals surface area contributed by atoms with E-state index in [9.17, 15) is 4.79 Å². The molecule has 0 aliphatic heterocycles. The van der Waals surface area contributed by atoms with Crippen LogP contribution < -0.4 is 10.2 Å². The van der Waals surface area contributed by atoms with Gasteiger partial charge in [0.1, 0.15) is 5.75 Å². The molecule has 158 valence electrons. The number of amides is 1. The second-order valence-electron chi connectivity index (χ2n) is 7.30. The first-order valence-corrected chi connectivity index (χ1v) is 10.4. The molecule has 2 N–H and O–H groups in total. The zero-order valence-electron chi connectivity index (χ0n) is 17.6. The van der Waals surface area contributed by atoms with Crippen molar-refractivity contribution in [3.63, 3.8) is 0 Å². The maximum absolute atomic E-state index is 12.2. The molecule has 0 atom stereocenters. The van der Waals surface area contributed by atoms with Crippen LogP contribution >= 0.6 is 0 Å². The number of hydrogen-bond donors (Lipinski definition) is 2. The standard InChI is InChI=1S/C25H25N3O3/c1-3-4-6-17-8-13-22-20(15-17)21(16-26-28-25(29)23-7-5-14-31-23)24(27-22)18-9-11-19(30-2)12-10-18/h5,7-16,27H,3-4,6H2,1-2H3,(H,28,29). The van der Waals surface area contributed by atoms with Gasteiger partial charge < -0.3 is 14.1 Å². The average molecular weight is 415 g/mol. The number of hydrogen-bond acceptors (Lipinski definition) is 4. The van der Waals surface area contributed by atoms with Crippen LogP contribution in [-0.4, -0.2) is 24.2 Å². The van der Waals surface area contributed by atoms with Crippen molar-refractivity contribution in [2.45, 2.75) is 26.2 Å². The van der Waals surface area contributed by atoms with Crippen LogP contribution in [-0.2, 0) is 6.42 Å². The number of unbranched alkanes of at least 4 members (excludes halogenated alkanes) is 1. The smallest absolute Gasteiger partial charge is 0.307 e. The highest BCUT2D eigenvalue weighted by Crippen LogP contribution is 2.31. The molecule has 0 unspecified atom stereocenters. The molecular formula is C25H25N3O3. The summed E-state index contributed by atoms with van der Waals surface area (Å²) in [7, 11) is 1.65. The van der Waals surface area contributed by atoms with Crippen molar-refractivity contribution in [3.05, 3.63) is 77.7 Å². The molecule has 4 rings (SSSR count). The normalized spacial score (nSPS) is 11.3. The fourth-order valence-corrected chi connectivity index (χ4v) is 3.53. The molecule has 0 aliphatic carbocycles. The summed E-state index contributed by atoms with van der Waals surface area (Å²) in [6, 6.07) is 17.6. The van der Waals surface area contributed by atoms with E-state index in [1.165, 1.54) is 11.8 Å². The summed E-state index contributed by atoms with van der Waals surface area (Å²) in [5.74, 6) is 0.617. The number of benzene rings is 2. The highest BCUT2D eigenvalue weighted by Gasteiger charge is 2.13. The number of carbonyl (C=O) groups excluding carboxylic acids is 1. The topological polar surface area (TPSA) is 79.6 Å². The molecule has 0 radical (unpaired) electrons. The van der Waals surface area contributed by atoms with Crippen molar-refractivity contribution in [2.24, 2.45) is 5.10 Å². The number of aromatic amines is 1. The van der Waals surface area contributed by atoms with Crippen molar-refractivity contribution in [1.29, 1.82) is 0 Å².